The van der Waals surface area contributed by atoms with Gasteiger partial charge in [-0.15, -0.1) is 0 Å². The summed E-state index contributed by atoms with van der Waals surface area (Å²) in [6.07, 6.45) is 0.814. The van der Waals surface area contributed by atoms with Gasteiger partial charge < -0.3 is 20.1 Å². The lowest BCUT2D eigenvalue weighted by Crippen LogP contribution is -2.38. The van der Waals surface area contributed by atoms with Crippen LogP contribution >= 0.6 is 15.9 Å². The van der Waals surface area contributed by atoms with E-state index < -0.39 is 18.5 Å². The molecule has 0 saturated carbocycles. The summed E-state index contributed by atoms with van der Waals surface area (Å²) in [4.78, 5) is 34.7. The molecular formula is C15H19BrN2O5. The van der Waals surface area contributed by atoms with Crippen molar-refractivity contribution in [2.45, 2.75) is 13.3 Å². The molecule has 0 aliphatic rings. The number of ether oxygens (including phenoxy) is 2. The van der Waals surface area contributed by atoms with Crippen LogP contribution in [0.3, 0.4) is 0 Å². The molecule has 0 aliphatic heterocycles. The highest BCUT2D eigenvalue weighted by Gasteiger charge is 2.12. The van der Waals surface area contributed by atoms with Crippen LogP contribution in [-0.4, -0.2) is 44.6 Å². The highest BCUT2D eigenvalue weighted by molar-refractivity contribution is 9.10. The van der Waals surface area contributed by atoms with Crippen molar-refractivity contribution in [2.75, 3.05) is 26.8 Å². The number of amides is 2. The number of hydrogen-bond donors (Lipinski definition) is 2. The molecule has 1 rings (SSSR count). The Kier molecular flexibility index (Phi) is 8.10. The van der Waals surface area contributed by atoms with Crippen LogP contribution in [0.25, 0.3) is 0 Å². The van der Waals surface area contributed by atoms with E-state index in [1.165, 1.54) is 19.2 Å². The molecule has 8 heteroatoms. The topological polar surface area (TPSA) is 93.7 Å². The smallest absolute Gasteiger partial charge is 0.338 e. The van der Waals surface area contributed by atoms with Crippen molar-refractivity contribution in [1.82, 2.24) is 10.6 Å². The van der Waals surface area contributed by atoms with E-state index in [0.29, 0.717) is 16.8 Å². The molecule has 23 heavy (non-hydrogen) atoms. The quantitative estimate of drug-likeness (QED) is 0.655. The number of hydrogen-bond acceptors (Lipinski definition) is 5. The second-order valence-corrected chi connectivity index (χ2v) is 5.41. The Bertz CT molecular complexity index is 577. The minimum absolute atomic E-state index is 0.148. The van der Waals surface area contributed by atoms with E-state index in [2.05, 4.69) is 26.6 Å². The molecule has 0 spiro atoms. The van der Waals surface area contributed by atoms with Crippen molar-refractivity contribution < 1.29 is 23.9 Å². The summed E-state index contributed by atoms with van der Waals surface area (Å²) >= 11 is 3.26. The largest absolute Gasteiger partial charge is 0.496 e. The summed E-state index contributed by atoms with van der Waals surface area (Å²) in [7, 11) is 1.51. The van der Waals surface area contributed by atoms with Gasteiger partial charge in [0.05, 0.1) is 23.7 Å². The lowest BCUT2D eigenvalue weighted by Gasteiger charge is -2.08. The fourth-order valence-corrected chi connectivity index (χ4v) is 2.11. The van der Waals surface area contributed by atoms with Crippen molar-refractivity contribution in [3.8, 4) is 5.75 Å². The maximum atomic E-state index is 11.8. The Morgan fingerprint density at radius 3 is 2.52 bits per heavy atom. The summed E-state index contributed by atoms with van der Waals surface area (Å²) in [5.74, 6) is -0.889. The lowest BCUT2D eigenvalue weighted by molar-refractivity contribution is -0.127. The van der Waals surface area contributed by atoms with Crippen LogP contribution in [0, 0.1) is 0 Å². The molecule has 0 atom stereocenters. The van der Waals surface area contributed by atoms with Crippen LogP contribution < -0.4 is 15.4 Å². The molecule has 0 unspecified atom stereocenters. The molecule has 126 valence electrons. The average Bonchev–Trinajstić information content (AvgIpc) is 2.55. The standard InChI is InChI=1S/C15H19BrN2O5/c1-3-6-17-13(19)8-18-14(20)9-23-15(21)10-4-5-12(22-2)11(16)7-10/h4-5,7H,3,6,8-9H2,1-2H3,(H,17,19)(H,18,20). The van der Waals surface area contributed by atoms with Crippen molar-refractivity contribution >= 4 is 33.7 Å². The number of methoxy groups -OCH3 is 1. The Labute approximate surface area is 142 Å². The first-order valence-electron chi connectivity index (χ1n) is 7.02. The summed E-state index contributed by atoms with van der Waals surface area (Å²) in [5, 5.41) is 4.99. The van der Waals surface area contributed by atoms with E-state index in [4.69, 9.17) is 9.47 Å². The number of esters is 1. The Hall–Kier alpha value is -2.09. The lowest BCUT2D eigenvalue weighted by atomic mass is 10.2. The first kappa shape index (κ1) is 19.0. The molecular weight excluding hydrogens is 368 g/mol. The maximum absolute atomic E-state index is 11.8. The minimum atomic E-state index is -0.640. The predicted molar refractivity (Wildman–Crippen MR) is 87.3 cm³/mol. The zero-order valence-electron chi connectivity index (χ0n) is 13.0. The van der Waals surface area contributed by atoms with Crippen LogP contribution in [-0.2, 0) is 14.3 Å². The zero-order valence-corrected chi connectivity index (χ0v) is 14.6. The fraction of sp³-hybridized carbons (Fsp3) is 0.400. The van der Waals surface area contributed by atoms with Gasteiger partial charge in [-0.05, 0) is 40.5 Å². The summed E-state index contributed by atoms with van der Waals surface area (Å²) in [6.45, 7) is 1.87. The minimum Gasteiger partial charge on any atom is -0.496 e. The van der Waals surface area contributed by atoms with E-state index in [0.717, 1.165) is 6.42 Å². The first-order chi connectivity index (χ1) is 11.0. The molecule has 0 aliphatic carbocycles. The van der Waals surface area contributed by atoms with E-state index in [9.17, 15) is 14.4 Å². The third kappa shape index (κ3) is 6.68. The zero-order chi connectivity index (χ0) is 17.2. The highest BCUT2D eigenvalue weighted by Crippen LogP contribution is 2.25. The van der Waals surface area contributed by atoms with Gasteiger partial charge in [-0.3, -0.25) is 9.59 Å². The number of nitrogens with one attached hydrogen (secondary N) is 2. The maximum Gasteiger partial charge on any atom is 0.338 e. The molecule has 2 N–H and O–H groups in total. The Morgan fingerprint density at radius 1 is 1.17 bits per heavy atom. The van der Waals surface area contributed by atoms with E-state index in [-0.39, 0.29) is 18.0 Å². The molecule has 0 fully saturated rings. The van der Waals surface area contributed by atoms with Crippen molar-refractivity contribution in [1.29, 1.82) is 0 Å². The molecule has 0 bridgehead atoms. The molecule has 0 aromatic heterocycles. The fourth-order valence-electron chi connectivity index (χ4n) is 1.56. The summed E-state index contributed by atoms with van der Waals surface area (Å²) < 4.78 is 10.5. The van der Waals surface area contributed by atoms with E-state index in [1.54, 1.807) is 6.07 Å². The second-order valence-electron chi connectivity index (χ2n) is 4.55. The normalized spacial score (nSPS) is 9.87. The van der Waals surface area contributed by atoms with Crippen molar-refractivity contribution in [3.63, 3.8) is 0 Å². The van der Waals surface area contributed by atoms with Gasteiger partial charge in [0.2, 0.25) is 5.91 Å². The van der Waals surface area contributed by atoms with Crippen LogP contribution in [0.1, 0.15) is 23.7 Å². The monoisotopic (exact) mass is 386 g/mol. The molecule has 7 nitrogen and oxygen atoms in total. The third-order valence-electron chi connectivity index (χ3n) is 2.74. The van der Waals surface area contributed by atoms with Crippen molar-refractivity contribution in [2.24, 2.45) is 0 Å². The SMILES string of the molecule is CCCNC(=O)CNC(=O)COC(=O)c1ccc(OC)c(Br)c1. The van der Waals surface area contributed by atoms with E-state index >= 15 is 0 Å². The number of carbonyl (C=O) groups is 3. The molecule has 0 saturated heterocycles. The molecule has 1 aromatic carbocycles. The summed E-state index contributed by atoms with van der Waals surface area (Å²) in [5.41, 5.74) is 0.283. The van der Waals surface area contributed by atoms with Crippen LogP contribution in [0.2, 0.25) is 0 Å². The third-order valence-corrected chi connectivity index (χ3v) is 3.36. The first-order valence-corrected chi connectivity index (χ1v) is 7.81. The van der Waals surface area contributed by atoms with Gasteiger partial charge in [-0.25, -0.2) is 4.79 Å². The highest BCUT2D eigenvalue weighted by atomic mass is 79.9. The second kappa shape index (κ2) is 9.83. The number of rotatable bonds is 8. The van der Waals surface area contributed by atoms with Gasteiger partial charge in [0.1, 0.15) is 5.75 Å². The average molecular weight is 387 g/mol. The van der Waals surface area contributed by atoms with Crippen LogP contribution in [0.5, 0.6) is 5.75 Å². The molecule has 0 radical (unpaired) electrons. The summed E-state index contributed by atoms with van der Waals surface area (Å²) in [6, 6.07) is 4.68. The number of carbonyl (C=O) groups excluding carboxylic acids is 3. The predicted octanol–water partition coefficient (Wildman–Crippen LogP) is 1.26. The van der Waals surface area contributed by atoms with Gasteiger partial charge in [-0.2, -0.15) is 0 Å². The Balaban J connectivity index is 2.39. The van der Waals surface area contributed by atoms with Gasteiger partial charge >= 0.3 is 5.97 Å². The van der Waals surface area contributed by atoms with Gasteiger partial charge in [0.15, 0.2) is 6.61 Å². The van der Waals surface area contributed by atoms with Gasteiger partial charge in [-0.1, -0.05) is 6.92 Å². The molecule has 2 amide bonds. The van der Waals surface area contributed by atoms with Crippen LogP contribution in [0.4, 0.5) is 0 Å². The van der Waals surface area contributed by atoms with Gasteiger partial charge in [0, 0.05) is 6.54 Å². The molecule has 1 aromatic rings. The van der Waals surface area contributed by atoms with Gasteiger partial charge in [0.25, 0.3) is 5.91 Å². The van der Waals surface area contributed by atoms with Crippen LogP contribution in [0.15, 0.2) is 22.7 Å². The number of halogens is 1. The van der Waals surface area contributed by atoms with E-state index in [1.807, 2.05) is 6.92 Å². The van der Waals surface area contributed by atoms with Crippen molar-refractivity contribution in [3.05, 3.63) is 28.2 Å². The molecule has 0 heterocycles. The Morgan fingerprint density at radius 2 is 1.91 bits per heavy atom. The number of benzene rings is 1.